The molecule has 1 fully saturated rings. The first kappa shape index (κ1) is 24.7. The number of benzene rings is 1. The van der Waals surface area contributed by atoms with Crippen molar-refractivity contribution in [2.45, 2.75) is 71.9 Å². The summed E-state index contributed by atoms with van der Waals surface area (Å²) in [6, 6.07) is 7.21. The summed E-state index contributed by atoms with van der Waals surface area (Å²) in [6.45, 7) is 9.83. The van der Waals surface area contributed by atoms with Gasteiger partial charge < -0.3 is 15.0 Å². The van der Waals surface area contributed by atoms with Gasteiger partial charge in [0.25, 0.3) is 11.5 Å². The van der Waals surface area contributed by atoms with Gasteiger partial charge in [0.1, 0.15) is 5.60 Å². The van der Waals surface area contributed by atoms with Gasteiger partial charge in [0, 0.05) is 31.6 Å². The highest BCUT2D eigenvalue weighted by Crippen LogP contribution is 2.21. The lowest BCUT2D eigenvalue weighted by atomic mass is 9.96. The first-order chi connectivity index (χ1) is 15.7. The third kappa shape index (κ3) is 6.55. The number of hydrogen-bond acceptors (Lipinski definition) is 5. The number of ether oxygens (including phenoxy) is 1. The number of amides is 2. The van der Waals surface area contributed by atoms with Crippen molar-refractivity contribution in [3.05, 3.63) is 40.3 Å². The molecule has 0 atom stereocenters. The number of unbranched alkanes of at least 4 members (excludes halogenated alkanes) is 2. The number of nitrogens with one attached hydrogen (secondary N) is 1. The van der Waals surface area contributed by atoms with Crippen LogP contribution in [-0.2, 0) is 11.3 Å². The van der Waals surface area contributed by atoms with Crippen LogP contribution in [0.4, 0.5) is 4.79 Å². The first-order valence-electron chi connectivity index (χ1n) is 12.0. The van der Waals surface area contributed by atoms with Crippen LogP contribution < -0.4 is 10.9 Å². The number of aromatic nitrogens is 2. The van der Waals surface area contributed by atoms with E-state index >= 15 is 0 Å². The molecule has 1 saturated heterocycles. The largest absolute Gasteiger partial charge is 0.444 e. The Labute approximate surface area is 195 Å². The zero-order chi connectivity index (χ0) is 24.0. The Morgan fingerprint density at radius 3 is 2.42 bits per heavy atom. The van der Waals surface area contributed by atoms with Crippen molar-refractivity contribution >= 4 is 22.8 Å². The van der Waals surface area contributed by atoms with Crippen LogP contribution in [0.15, 0.2) is 29.1 Å². The Bertz CT molecular complexity index is 1030. The van der Waals surface area contributed by atoms with Gasteiger partial charge in [-0.15, -0.1) is 0 Å². The molecule has 33 heavy (non-hydrogen) atoms. The average Bonchev–Trinajstić information content (AvgIpc) is 2.78. The zero-order valence-corrected chi connectivity index (χ0v) is 20.2. The minimum absolute atomic E-state index is 0.144. The van der Waals surface area contributed by atoms with Crippen molar-refractivity contribution in [3.8, 4) is 0 Å². The van der Waals surface area contributed by atoms with E-state index in [9.17, 15) is 14.4 Å². The Morgan fingerprint density at radius 1 is 1.12 bits per heavy atom. The molecule has 1 aliphatic heterocycles. The van der Waals surface area contributed by atoms with E-state index in [4.69, 9.17) is 4.74 Å². The van der Waals surface area contributed by atoms with Crippen LogP contribution in [0.2, 0.25) is 0 Å². The molecule has 1 aliphatic rings. The third-order valence-corrected chi connectivity index (χ3v) is 5.88. The maximum absolute atomic E-state index is 13.4. The topological polar surface area (TPSA) is 93.5 Å². The van der Waals surface area contributed by atoms with Crippen molar-refractivity contribution in [1.29, 1.82) is 0 Å². The van der Waals surface area contributed by atoms with E-state index in [2.05, 4.69) is 17.3 Å². The number of likely N-dealkylation sites (tertiary alicyclic amines) is 1. The maximum atomic E-state index is 13.4. The van der Waals surface area contributed by atoms with E-state index in [-0.39, 0.29) is 17.4 Å². The molecule has 2 amide bonds. The molecule has 1 aromatic heterocycles. The maximum Gasteiger partial charge on any atom is 0.407 e. The summed E-state index contributed by atoms with van der Waals surface area (Å²) < 4.78 is 6.74. The zero-order valence-electron chi connectivity index (χ0n) is 20.2. The lowest BCUT2D eigenvalue weighted by Crippen LogP contribution is -2.43. The summed E-state index contributed by atoms with van der Waals surface area (Å²) in [7, 11) is 0. The highest BCUT2D eigenvalue weighted by molar-refractivity contribution is 6.04. The SMILES string of the molecule is CCCCCn1nc(C(=O)N2CCC(CNC(=O)OC(C)(C)C)CC2)c2ccccc2c1=O. The molecule has 0 bridgehead atoms. The van der Waals surface area contributed by atoms with Gasteiger partial charge in [-0.1, -0.05) is 38.0 Å². The highest BCUT2D eigenvalue weighted by Gasteiger charge is 2.27. The smallest absolute Gasteiger partial charge is 0.407 e. The molecule has 1 aromatic carbocycles. The number of alkyl carbamates (subject to hydrolysis) is 1. The molecule has 1 N–H and O–H groups in total. The number of fused-ring (bicyclic) bond motifs is 1. The molecule has 0 aliphatic carbocycles. The number of carbonyl (C=O) groups excluding carboxylic acids is 2. The molecular weight excluding hydrogens is 420 g/mol. The molecule has 2 aromatic rings. The predicted molar refractivity (Wildman–Crippen MR) is 128 cm³/mol. The van der Waals surface area contributed by atoms with Gasteiger partial charge in [0.15, 0.2) is 5.69 Å². The monoisotopic (exact) mass is 456 g/mol. The van der Waals surface area contributed by atoms with Crippen molar-refractivity contribution in [1.82, 2.24) is 20.0 Å². The number of aryl methyl sites for hydroxylation is 1. The number of hydrogen-bond donors (Lipinski definition) is 1. The fourth-order valence-electron chi connectivity index (χ4n) is 4.09. The minimum atomic E-state index is -0.525. The van der Waals surface area contributed by atoms with Gasteiger partial charge in [-0.25, -0.2) is 9.48 Å². The first-order valence-corrected chi connectivity index (χ1v) is 12.0. The molecular formula is C25H36N4O4. The summed E-state index contributed by atoms with van der Waals surface area (Å²) >= 11 is 0. The summed E-state index contributed by atoms with van der Waals surface area (Å²) in [5.41, 5.74) is -0.333. The molecule has 0 spiro atoms. The Balaban J connectivity index is 1.68. The second-order valence-electron chi connectivity index (χ2n) is 9.75. The Hall–Kier alpha value is -2.90. The average molecular weight is 457 g/mol. The second kappa shape index (κ2) is 10.8. The van der Waals surface area contributed by atoms with E-state index in [1.807, 2.05) is 32.9 Å². The fourth-order valence-corrected chi connectivity index (χ4v) is 4.09. The van der Waals surface area contributed by atoms with Gasteiger partial charge in [0.05, 0.1) is 5.39 Å². The second-order valence-corrected chi connectivity index (χ2v) is 9.75. The summed E-state index contributed by atoms with van der Waals surface area (Å²) in [5.74, 6) is 0.142. The Kier molecular flexibility index (Phi) is 8.10. The highest BCUT2D eigenvalue weighted by atomic mass is 16.6. The van der Waals surface area contributed by atoms with Crippen molar-refractivity contribution < 1.29 is 14.3 Å². The lowest BCUT2D eigenvalue weighted by Gasteiger charge is -2.32. The van der Waals surface area contributed by atoms with Gasteiger partial charge in [-0.2, -0.15) is 5.10 Å². The lowest BCUT2D eigenvalue weighted by molar-refractivity contribution is 0.0499. The van der Waals surface area contributed by atoms with Crippen molar-refractivity contribution in [2.24, 2.45) is 5.92 Å². The van der Waals surface area contributed by atoms with Gasteiger partial charge in [-0.3, -0.25) is 9.59 Å². The quantitative estimate of drug-likeness (QED) is 0.637. The van der Waals surface area contributed by atoms with E-state index in [0.29, 0.717) is 42.6 Å². The molecule has 8 heteroatoms. The van der Waals surface area contributed by atoms with Gasteiger partial charge >= 0.3 is 6.09 Å². The molecule has 0 unspecified atom stereocenters. The van der Waals surface area contributed by atoms with E-state index in [1.165, 1.54) is 4.68 Å². The molecule has 2 heterocycles. The number of piperidine rings is 1. The summed E-state index contributed by atoms with van der Waals surface area (Å²) in [6.07, 6.45) is 4.07. The molecule has 0 radical (unpaired) electrons. The van der Waals surface area contributed by atoms with Crippen LogP contribution in [0.5, 0.6) is 0 Å². The Morgan fingerprint density at radius 2 is 1.79 bits per heavy atom. The van der Waals surface area contributed by atoms with Crippen LogP contribution in [0, 0.1) is 5.92 Å². The third-order valence-electron chi connectivity index (χ3n) is 5.88. The van der Waals surface area contributed by atoms with Crippen LogP contribution in [0.1, 0.15) is 70.3 Å². The van der Waals surface area contributed by atoms with E-state index in [1.54, 1.807) is 17.0 Å². The fraction of sp³-hybridized carbons (Fsp3) is 0.600. The van der Waals surface area contributed by atoms with Crippen LogP contribution in [0.25, 0.3) is 10.8 Å². The van der Waals surface area contributed by atoms with E-state index in [0.717, 1.165) is 32.1 Å². The normalized spacial score (nSPS) is 15.0. The summed E-state index contributed by atoms with van der Waals surface area (Å²) in [4.78, 5) is 40.0. The van der Waals surface area contributed by atoms with Gasteiger partial charge in [0.2, 0.25) is 0 Å². The van der Waals surface area contributed by atoms with Crippen LogP contribution in [-0.4, -0.2) is 51.9 Å². The van der Waals surface area contributed by atoms with E-state index < -0.39 is 11.7 Å². The van der Waals surface area contributed by atoms with Crippen LogP contribution >= 0.6 is 0 Å². The molecule has 3 rings (SSSR count). The van der Waals surface area contributed by atoms with Gasteiger partial charge in [-0.05, 0) is 52.0 Å². The molecule has 180 valence electrons. The number of rotatable bonds is 7. The number of carbonyl (C=O) groups is 2. The standard InChI is InChI=1S/C25H36N4O4/c1-5-6-9-14-29-22(30)20-11-8-7-10-19(20)21(27-29)23(31)28-15-12-18(13-16-28)17-26-24(32)33-25(2,3)4/h7-8,10-11,18H,5-6,9,12-17H2,1-4H3,(H,26,32). The summed E-state index contributed by atoms with van der Waals surface area (Å²) in [5, 5.41) is 8.47. The predicted octanol–water partition coefficient (Wildman–Crippen LogP) is 3.96. The molecule has 8 nitrogen and oxygen atoms in total. The van der Waals surface area contributed by atoms with Crippen LogP contribution in [0.3, 0.4) is 0 Å². The minimum Gasteiger partial charge on any atom is -0.444 e. The van der Waals surface area contributed by atoms with Crippen molar-refractivity contribution in [2.75, 3.05) is 19.6 Å². The molecule has 0 saturated carbocycles. The van der Waals surface area contributed by atoms with Crippen molar-refractivity contribution in [3.63, 3.8) is 0 Å². The number of nitrogens with zero attached hydrogens (tertiary/aromatic N) is 3.